The maximum absolute atomic E-state index is 6.43. The van der Waals surface area contributed by atoms with Gasteiger partial charge < -0.3 is 9.47 Å². The molecule has 0 amide bonds. The van der Waals surface area contributed by atoms with Crippen LogP contribution in [0.3, 0.4) is 0 Å². The van der Waals surface area contributed by atoms with Gasteiger partial charge >= 0.3 is 0 Å². The number of likely N-dealkylation sites (tertiary alicyclic amines) is 1. The minimum absolute atomic E-state index is 0.0273. The fourth-order valence-electron chi connectivity index (χ4n) is 5.12. The molecule has 5 rings (SSSR count). The molecule has 2 aliphatic heterocycles. The second-order valence-corrected chi connectivity index (χ2v) is 6.61. The van der Waals surface area contributed by atoms with Gasteiger partial charge in [0.15, 0.2) is 11.5 Å². The van der Waals surface area contributed by atoms with Gasteiger partial charge in [0.25, 0.3) is 0 Å². The van der Waals surface area contributed by atoms with Crippen LogP contribution in [0.5, 0.6) is 11.5 Å². The molecule has 3 nitrogen and oxygen atoms in total. The van der Waals surface area contributed by atoms with E-state index in [9.17, 15) is 0 Å². The summed E-state index contributed by atoms with van der Waals surface area (Å²) < 4.78 is 12.0. The molecule has 0 aromatic heterocycles. The molecule has 1 aromatic rings. The maximum atomic E-state index is 6.43. The summed E-state index contributed by atoms with van der Waals surface area (Å²) in [5.74, 6) is 1.85. The molecule has 1 spiro atoms. The minimum Gasteiger partial charge on any atom is -0.493 e. The van der Waals surface area contributed by atoms with Gasteiger partial charge in [-0.25, -0.2) is 0 Å². The smallest absolute Gasteiger partial charge is 0.166 e. The van der Waals surface area contributed by atoms with Crippen molar-refractivity contribution >= 4 is 6.08 Å². The van der Waals surface area contributed by atoms with Crippen molar-refractivity contribution in [1.29, 1.82) is 0 Å². The Morgan fingerprint density at radius 2 is 2.24 bits per heavy atom. The fraction of sp³-hybridized carbons (Fsp3) is 0.444. The number of ether oxygens (including phenoxy) is 2. The molecule has 3 heteroatoms. The number of hydrogen-bond donors (Lipinski definition) is 0. The van der Waals surface area contributed by atoms with Gasteiger partial charge in [0.05, 0.1) is 18.1 Å². The summed E-state index contributed by atoms with van der Waals surface area (Å²) in [5, 5.41) is 0. The quantitative estimate of drug-likeness (QED) is 0.739. The Bertz CT molecular complexity index is 707. The second kappa shape index (κ2) is 3.53. The first-order valence-electron chi connectivity index (χ1n) is 7.69. The van der Waals surface area contributed by atoms with Crippen LogP contribution < -0.4 is 9.47 Å². The third-order valence-corrected chi connectivity index (χ3v) is 6.06. The molecule has 108 valence electrons. The first kappa shape index (κ1) is 11.9. The average molecular weight is 281 g/mol. The Morgan fingerprint density at radius 3 is 3.10 bits per heavy atom. The highest BCUT2D eigenvalue weighted by atomic mass is 16.5. The average Bonchev–Trinajstić information content (AvgIpc) is 3.01. The lowest BCUT2D eigenvalue weighted by Gasteiger charge is -2.49. The number of likely N-dealkylation sites (N-methyl/N-ethyl adjacent to an activating group) is 1. The highest BCUT2D eigenvalue weighted by molar-refractivity contribution is 5.74. The summed E-state index contributed by atoms with van der Waals surface area (Å²) in [4.78, 5) is 2.48. The van der Waals surface area contributed by atoms with E-state index in [-0.39, 0.29) is 17.1 Å². The van der Waals surface area contributed by atoms with E-state index >= 15 is 0 Å². The Morgan fingerprint density at radius 1 is 1.33 bits per heavy atom. The van der Waals surface area contributed by atoms with Crippen molar-refractivity contribution in [2.45, 2.75) is 29.9 Å². The number of hydrogen-bond acceptors (Lipinski definition) is 3. The lowest BCUT2D eigenvalue weighted by atomic mass is 9.57. The van der Waals surface area contributed by atoms with E-state index in [4.69, 9.17) is 9.47 Å². The summed E-state index contributed by atoms with van der Waals surface area (Å²) in [6, 6.07) is 4.21. The molecule has 21 heavy (non-hydrogen) atoms. The summed E-state index contributed by atoms with van der Waals surface area (Å²) >= 11 is 0. The normalized spacial score (nSPS) is 38.1. The van der Waals surface area contributed by atoms with Crippen LogP contribution in [-0.2, 0) is 5.41 Å². The van der Waals surface area contributed by atoms with Gasteiger partial charge in [0, 0.05) is 18.5 Å². The predicted molar refractivity (Wildman–Crippen MR) is 81.9 cm³/mol. The van der Waals surface area contributed by atoms with Crippen molar-refractivity contribution in [2.75, 3.05) is 20.7 Å². The molecule has 3 atom stereocenters. The number of rotatable bonds is 1. The molecule has 1 aromatic carbocycles. The largest absolute Gasteiger partial charge is 0.493 e. The zero-order chi connectivity index (χ0) is 14.2. The van der Waals surface area contributed by atoms with Gasteiger partial charge in [-0.05, 0) is 25.1 Å². The highest BCUT2D eigenvalue weighted by Gasteiger charge is 2.67. The van der Waals surface area contributed by atoms with Gasteiger partial charge in [-0.3, -0.25) is 4.90 Å². The molecule has 0 bridgehead atoms. The summed E-state index contributed by atoms with van der Waals surface area (Å²) in [6.45, 7) is 1.10. The van der Waals surface area contributed by atoms with E-state index in [1.807, 2.05) is 6.07 Å². The first-order chi connectivity index (χ1) is 10.2. The van der Waals surface area contributed by atoms with Crippen molar-refractivity contribution in [2.24, 2.45) is 0 Å². The molecule has 2 aliphatic carbocycles. The monoisotopic (exact) mass is 281 g/mol. The Kier molecular flexibility index (Phi) is 1.99. The maximum Gasteiger partial charge on any atom is 0.166 e. The van der Waals surface area contributed by atoms with Crippen molar-refractivity contribution in [3.63, 3.8) is 0 Å². The molecule has 4 aliphatic rings. The first-order valence-corrected chi connectivity index (χ1v) is 7.69. The van der Waals surface area contributed by atoms with E-state index in [0.29, 0.717) is 0 Å². The van der Waals surface area contributed by atoms with Crippen LogP contribution in [0.25, 0.3) is 6.08 Å². The van der Waals surface area contributed by atoms with Crippen molar-refractivity contribution < 1.29 is 9.47 Å². The standard InChI is InChI=1S/C18H19NO2/c1-19-11-10-18-14-4-3-8-17(18,19)9-7-12-5-6-13(20-2)16(21-14)15(12)18/h3,5-9,14H,4,10-11H2,1-2H3/t14-,17?,18?/m0/s1. The molecule has 0 radical (unpaired) electrons. The lowest BCUT2D eigenvalue weighted by molar-refractivity contribution is 0.0874. The Labute approximate surface area is 124 Å². The highest BCUT2D eigenvalue weighted by Crippen LogP contribution is 2.64. The number of methoxy groups -OCH3 is 1. The van der Waals surface area contributed by atoms with Crippen molar-refractivity contribution in [3.8, 4) is 11.5 Å². The summed E-state index contributed by atoms with van der Waals surface area (Å²) in [5.41, 5.74) is 2.71. The zero-order valence-electron chi connectivity index (χ0n) is 12.4. The van der Waals surface area contributed by atoms with E-state index in [1.54, 1.807) is 7.11 Å². The summed E-state index contributed by atoms with van der Waals surface area (Å²) in [6.07, 6.45) is 11.7. The third kappa shape index (κ3) is 1.07. The van der Waals surface area contributed by atoms with E-state index in [2.05, 4.69) is 42.3 Å². The topological polar surface area (TPSA) is 21.7 Å². The number of nitrogens with zero attached hydrogens (tertiary/aromatic N) is 1. The van der Waals surface area contributed by atoms with E-state index < -0.39 is 0 Å². The Balaban J connectivity index is 1.89. The van der Waals surface area contributed by atoms with E-state index in [1.165, 1.54) is 11.1 Å². The molecule has 0 saturated carbocycles. The van der Waals surface area contributed by atoms with E-state index in [0.717, 1.165) is 30.9 Å². The molecular weight excluding hydrogens is 262 g/mol. The molecule has 1 fully saturated rings. The lowest BCUT2D eigenvalue weighted by Crippen LogP contribution is -2.59. The van der Waals surface area contributed by atoms with Crippen molar-refractivity contribution in [3.05, 3.63) is 41.5 Å². The third-order valence-electron chi connectivity index (χ3n) is 6.06. The van der Waals surface area contributed by atoms with Crippen LogP contribution in [-0.4, -0.2) is 37.2 Å². The molecule has 2 unspecified atom stereocenters. The minimum atomic E-state index is -0.0273. The van der Waals surface area contributed by atoms with Crippen LogP contribution in [0.2, 0.25) is 0 Å². The van der Waals surface area contributed by atoms with Gasteiger partial charge in [-0.15, -0.1) is 0 Å². The van der Waals surface area contributed by atoms with Crippen LogP contribution >= 0.6 is 0 Å². The van der Waals surface area contributed by atoms with Gasteiger partial charge in [0.1, 0.15) is 6.10 Å². The molecule has 0 N–H and O–H groups in total. The SMILES string of the molecule is COc1ccc2c3c1O[C@H]1CC=CC4(C=C2)N(C)CCC314. The van der Waals surface area contributed by atoms with Gasteiger partial charge in [0.2, 0.25) is 0 Å². The summed E-state index contributed by atoms with van der Waals surface area (Å²) in [7, 11) is 3.96. The fourth-order valence-corrected chi connectivity index (χ4v) is 5.12. The van der Waals surface area contributed by atoms with Crippen LogP contribution in [0.1, 0.15) is 24.0 Å². The van der Waals surface area contributed by atoms with Crippen LogP contribution in [0.15, 0.2) is 30.4 Å². The number of benzene rings is 1. The van der Waals surface area contributed by atoms with Gasteiger partial charge in [-0.2, -0.15) is 0 Å². The molecule has 2 heterocycles. The van der Waals surface area contributed by atoms with Gasteiger partial charge in [-0.1, -0.05) is 30.4 Å². The predicted octanol–water partition coefficient (Wildman–Crippen LogP) is 2.76. The second-order valence-electron chi connectivity index (χ2n) is 6.61. The molecule has 1 saturated heterocycles. The Hall–Kier alpha value is -1.74. The van der Waals surface area contributed by atoms with Crippen LogP contribution in [0.4, 0.5) is 0 Å². The van der Waals surface area contributed by atoms with Crippen LogP contribution in [0, 0.1) is 0 Å². The molecular formula is C18H19NO2. The van der Waals surface area contributed by atoms with Crippen molar-refractivity contribution in [1.82, 2.24) is 4.90 Å². The zero-order valence-corrected chi connectivity index (χ0v) is 12.4.